The smallest absolute Gasteiger partial charge is 0.338 e. The highest BCUT2D eigenvalue weighted by Gasteiger charge is 2.17. The molecule has 4 rings (SSSR count). The fourth-order valence-electron chi connectivity index (χ4n) is 2.26. The maximum absolute atomic E-state index is 11.2. The second-order valence-electron chi connectivity index (χ2n) is 6.11. The molecule has 2 amide bonds. The zero-order chi connectivity index (χ0) is 23.5. The van der Waals surface area contributed by atoms with Crippen LogP contribution in [0.5, 0.6) is 0 Å². The number of cyclic esters (lactones) is 2. The predicted molar refractivity (Wildman–Crippen MR) is 124 cm³/mol. The molecule has 1 N–H and O–H groups in total. The summed E-state index contributed by atoms with van der Waals surface area (Å²) in [4.78, 5) is 42.0. The fourth-order valence-corrected chi connectivity index (χ4v) is 2.73. The third kappa shape index (κ3) is 8.18. The van der Waals surface area contributed by atoms with Crippen molar-refractivity contribution in [2.24, 2.45) is 0 Å². The number of imide groups is 1. The zero-order valence-corrected chi connectivity index (χ0v) is 18.1. The van der Waals surface area contributed by atoms with Crippen molar-refractivity contribution in [3.05, 3.63) is 106 Å². The lowest BCUT2D eigenvalue weighted by Gasteiger charge is -1.98. The molecule has 0 fully saturated rings. The molecule has 0 aliphatic carbocycles. The SMILES string of the molecule is C=Cc1ccccc1.O=C1C=C(C=Cc2ccc(Cl)cc2Cl)C(=O)N1.O=C1C=CC(=O)O1. The molecule has 2 aromatic carbocycles. The van der Waals surface area contributed by atoms with Gasteiger partial charge in [0.1, 0.15) is 0 Å². The molecule has 0 saturated carbocycles. The van der Waals surface area contributed by atoms with E-state index in [4.69, 9.17) is 23.2 Å². The van der Waals surface area contributed by atoms with Gasteiger partial charge in [0.25, 0.3) is 11.8 Å². The van der Waals surface area contributed by atoms with Crippen molar-refractivity contribution in [3.8, 4) is 0 Å². The number of carbonyl (C=O) groups excluding carboxylic acids is 4. The Bertz CT molecular complexity index is 1120. The third-order valence-electron chi connectivity index (χ3n) is 3.78. The maximum atomic E-state index is 11.2. The van der Waals surface area contributed by atoms with Crippen LogP contribution >= 0.6 is 23.2 Å². The van der Waals surface area contributed by atoms with Crippen LogP contribution < -0.4 is 5.32 Å². The minimum Gasteiger partial charge on any atom is -0.387 e. The van der Waals surface area contributed by atoms with Crippen molar-refractivity contribution in [1.29, 1.82) is 0 Å². The van der Waals surface area contributed by atoms with E-state index in [1.165, 1.54) is 17.7 Å². The van der Waals surface area contributed by atoms with Crippen LogP contribution in [0.3, 0.4) is 0 Å². The van der Waals surface area contributed by atoms with E-state index in [0.29, 0.717) is 15.6 Å². The van der Waals surface area contributed by atoms with Crippen molar-refractivity contribution < 1.29 is 23.9 Å². The highest BCUT2D eigenvalue weighted by atomic mass is 35.5. The summed E-state index contributed by atoms with van der Waals surface area (Å²) in [5, 5.41) is 3.18. The number of hydrogen-bond acceptors (Lipinski definition) is 5. The normalized spacial score (nSPS) is 14.1. The molecule has 0 bridgehead atoms. The molecule has 6 nitrogen and oxygen atoms in total. The Morgan fingerprint density at radius 1 is 0.875 bits per heavy atom. The van der Waals surface area contributed by atoms with E-state index in [1.54, 1.807) is 24.3 Å². The number of ether oxygens (including phenoxy) is 1. The number of hydrogen-bond donors (Lipinski definition) is 1. The van der Waals surface area contributed by atoms with Crippen molar-refractivity contribution in [3.63, 3.8) is 0 Å². The lowest BCUT2D eigenvalue weighted by molar-refractivity contribution is -0.150. The summed E-state index contributed by atoms with van der Waals surface area (Å²) in [6, 6.07) is 15.1. The van der Waals surface area contributed by atoms with Gasteiger partial charge in [-0.05, 0) is 29.3 Å². The van der Waals surface area contributed by atoms with Gasteiger partial charge < -0.3 is 4.74 Å². The first-order chi connectivity index (χ1) is 15.3. The highest BCUT2D eigenvalue weighted by Crippen LogP contribution is 2.22. The van der Waals surface area contributed by atoms with Gasteiger partial charge in [-0.25, -0.2) is 9.59 Å². The van der Waals surface area contributed by atoms with E-state index in [1.807, 2.05) is 36.4 Å². The largest absolute Gasteiger partial charge is 0.387 e. The topological polar surface area (TPSA) is 89.5 Å². The van der Waals surface area contributed by atoms with Gasteiger partial charge in [0.15, 0.2) is 0 Å². The Balaban J connectivity index is 0.000000199. The summed E-state index contributed by atoms with van der Waals surface area (Å²) >= 11 is 11.7. The molecule has 8 heteroatoms. The van der Waals surface area contributed by atoms with Crippen LogP contribution in [0, 0.1) is 0 Å². The number of halogens is 2. The Kier molecular flexibility index (Phi) is 9.35. The van der Waals surface area contributed by atoms with Crippen LogP contribution in [-0.4, -0.2) is 23.8 Å². The fraction of sp³-hybridized carbons (Fsp3) is 0. The van der Waals surface area contributed by atoms with Gasteiger partial charge in [0.05, 0.1) is 0 Å². The van der Waals surface area contributed by atoms with Gasteiger partial charge in [0.2, 0.25) is 0 Å². The molecule has 0 radical (unpaired) electrons. The van der Waals surface area contributed by atoms with Gasteiger partial charge in [-0.3, -0.25) is 14.9 Å². The maximum Gasteiger partial charge on any atom is 0.338 e. The van der Waals surface area contributed by atoms with Gasteiger partial charge in [0, 0.05) is 33.8 Å². The minimum absolute atomic E-state index is 0.306. The molecular formula is C24H17Cl2NO5. The average molecular weight is 470 g/mol. The van der Waals surface area contributed by atoms with Crippen molar-refractivity contribution in [2.75, 3.05) is 0 Å². The number of rotatable bonds is 3. The number of amides is 2. The molecule has 2 heterocycles. The van der Waals surface area contributed by atoms with Crippen molar-refractivity contribution in [2.45, 2.75) is 0 Å². The quantitative estimate of drug-likeness (QED) is 0.404. The first kappa shape index (κ1) is 24.5. The van der Waals surface area contributed by atoms with Gasteiger partial charge in [-0.1, -0.05) is 78.3 Å². The van der Waals surface area contributed by atoms with Gasteiger partial charge >= 0.3 is 11.9 Å². The summed E-state index contributed by atoms with van der Waals surface area (Å²) in [5.41, 5.74) is 2.21. The van der Waals surface area contributed by atoms with Crippen LogP contribution in [0.15, 0.2) is 85.0 Å². The number of carbonyl (C=O) groups is 4. The lowest BCUT2D eigenvalue weighted by atomic mass is 10.1. The Labute approximate surface area is 194 Å². The number of nitrogens with one attached hydrogen (secondary N) is 1. The molecule has 2 aliphatic rings. The molecule has 0 atom stereocenters. The van der Waals surface area contributed by atoms with Crippen LogP contribution in [0.4, 0.5) is 0 Å². The van der Waals surface area contributed by atoms with E-state index >= 15 is 0 Å². The molecule has 0 spiro atoms. The molecule has 2 aromatic rings. The van der Waals surface area contributed by atoms with E-state index in [9.17, 15) is 19.2 Å². The number of benzene rings is 2. The zero-order valence-electron chi connectivity index (χ0n) is 16.6. The standard InChI is InChI=1S/C12H7Cl2NO2.C8H8.C4H2O3/c13-9-4-3-7(10(14)6-9)1-2-8-5-11(16)15-12(8)17;1-2-8-6-4-3-5-7-8;5-3-1-2-4(6)7-3/h1-6H,(H,15,16,17);2-7H,1H2;1-2H. The summed E-state index contributed by atoms with van der Waals surface area (Å²) < 4.78 is 3.97. The lowest BCUT2D eigenvalue weighted by Crippen LogP contribution is -2.21. The van der Waals surface area contributed by atoms with Crippen LogP contribution in [0.25, 0.3) is 12.2 Å². The van der Waals surface area contributed by atoms with Crippen LogP contribution in [-0.2, 0) is 23.9 Å². The molecule has 32 heavy (non-hydrogen) atoms. The Hall–Kier alpha value is -3.74. The molecule has 0 unspecified atom stereocenters. The number of esters is 2. The Morgan fingerprint density at radius 3 is 1.97 bits per heavy atom. The van der Waals surface area contributed by atoms with E-state index in [0.717, 1.165) is 17.7 Å². The predicted octanol–water partition coefficient (Wildman–Crippen LogP) is 4.55. The van der Waals surface area contributed by atoms with E-state index in [-0.39, 0.29) is 0 Å². The summed E-state index contributed by atoms with van der Waals surface area (Å²) in [7, 11) is 0. The van der Waals surface area contributed by atoms with Gasteiger partial charge in [-0.15, -0.1) is 0 Å². The van der Waals surface area contributed by atoms with Crippen molar-refractivity contribution >= 4 is 59.1 Å². The molecular weight excluding hydrogens is 453 g/mol. The highest BCUT2D eigenvalue weighted by molar-refractivity contribution is 6.35. The van der Waals surface area contributed by atoms with Gasteiger partial charge in [-0.2, -0.15) is 0 Å². The van der Waals surface area contributed by atoms with Crippen LogP contribution in [0.2, 0.25) is 10.0 Å². The second kappa shape index (κ2) is 12.2. The summed E-state index contributed by atoms with van der Waals surface area (Å²) in [6.07, 6.45) is 8.44. The van der Waals surface area contributed by atoms with E-state index < -0.39 is 23.8 Å². The van der Waals surface area contributed by atoms with Crippen LogP contribution in [0.1, 0.15) is 11.1 Å². The third-order valence-corrected chi connectivity index (χ3v) is 4.34. The second-order valence-corrected chi connectivity index (χ2v) is 6.95. The van der Waals surface area contributed by atoms with E-state index in [2.05, 4.69) is 16.6 Å². The average Bonchev–Trinajstić information content (AvgIpc) is 3.31. The molecule has 0 aromatic heterocycles. The summed E-state index contributed by atoms with van der Waals surface area (Å²) in [5.74, 6) is -1.97. The first-order valence-corrected chi connectivity index (χ1v) is 9.85. The molecule has 162 valence electrons. The first-order valence-electron chi connectivity index (χ1n) is 9.10. The molecule has 0 saturated heterocycles. The summed E-state index contributed by atoms with van der Waals surface area (Å²) in [6.45, 7) is 3.63. The molecule has 2 aliphatic heterocycles. The van der Waals surface area contributed by atoms with Crippen molar-refractivity contribution in [1.82, 2.24) is 5.32 Å². The Morgan fingerprint density at radius 2 is 1.53 bits per heavy atom. The monoisotopic (exact) mass is 469 g/mol. The minimum atomic E-state index is -0.579.